The Kier molecular flexibility index (Phi) is 55.0. The third-order valence-corrected chi connectivity index (χ3v) is 15.9. The number of ether oxygens (including phenoxy) is 2. The maximum atomic E-state index is 12.8. The van der Waals surface area contributed by atoms with E-state index in [4.69, 9.17) is 18.5 Å². The van der Waals surface area contributed by atoms with Gasteiger partial charge in [0.15, 0.2) is 6.10 Å². The fraction of sp³-hybridized carbons (Fsp3) is 0.968. The summed E-state index contributed by atoms with van der Waals surface area (Å²) in [5.41, 5.74) is 0. The lowest BCUT2D eigenvalue weighted by Crippen LogP contribution is -2.37. The Balaban J connectivity index is 3.77. The van der Waals surface area contributed by atoms with Crippen molar-refractivity contribution in [3.05, 3.63) is 0 Å². The average Bonchev–Trinajstić information content (AvgIpc) is 3.35. The summed E-state index contributed by atoms with van der Waals surface area (Å²) in [6.45, 7) is 4.48. The third kappa shape index (κ3) is 60.1. The van der Waals surface area contributed by atoms with E-state index >= 15 is 0 Å². The monoisotopic (exact) mass is 1060 g/mol. The fourth-order valence-corrected chi connectivity index (χ4v) is 10.6. The van der Waals surface area contributed by atoms with Gasteiger partial charge in [0.2, 0.25) is 0 Å². The molecule has 0 saturated carbocycles. The van der Waals surface area contributed by atoms with Crippen LogP contribution >= 0.6 is 7.82 Å². The van der Waals surface area contributed by atoms with E-state index in [9.17, 15) is 19.0 Å². The number of phosphoric acid groups is 1. The molecule has 0 saturated heterocycles. The van der Waals surface area contributed by atoms with E-state index in [2.05, 4.69) is 13.8 Å². The predicted molar refractivity (Wildman–Crippen MR) is 312 cm³/mol. The Morgan fingerprint density at radius 1 is 0.370 bits per heavy atom. The SMILES string of the molecule is CCCCCCCCCCCCCCCCCCCCCCCCCCCCCCCCCCCCCCCCCC(=O)OC(COC(=O)CCCCCCCCCCCC)COP(=O)(O)OCC[N+](C)(C)C. The second kappa shape index (κ2) is 55.8. The zero-order chi connectivity index (χ0) is 53.5. The number of carbonyl (C=O) groups excluding carboxylic acids is 2. The third-order valence-electron chi connectivity index (χ3n) is 14.9. The molecular formula is C63H127NO8P+. The topological polar surface area (TPSA) is 108 Å². The van der Waals surface area contributed by atoms with Gasteiger partial charge in [-0.1, -0.05) is 316 Å². The van der Waals surface area contributed by atoms with Gasteiger partial charge >= 0.3 is 19.8 Å². The van der Waals surface area contributed by atoms with Gasteiger partial charge in [0.05, 0.1) is 27.7 Å². The summed E-state index contributed by atoms with van der Waals surface area (Å²) < 4.78 is 34.5. The highest BCUT2D eigenvalue weighted by atomic mass is 31.2. The summed E-state index contributed by atoms with van der Waals surface area (Å²) in [6.07, 6.45) is 65.3. The maximum Gasteiger partial charge on any atom is 0.472 e. The van der Waals surface area contributed by atoms with Crippen LogP contribution in [0.15, 0.2) is 0 Å². The summed E-state index contributed by atoms with van der Waals surface area (Å²) in [6, 6.07) is 0. The van der Waals surface area contributed by atoms with Gasteiger partial charge in [0, 0.05) is 12.8 Å². The van der Waals surface area contributed by atoms with E-state index in [1.807, 2.05) is 21.1 Å². The number of quaternary nitrogens is 1. The number of unbranched alkanes of at least 4 members (excludes halogenated alkanes) is 47. The number of carbonyl (C=O) groups is 2. The van der Waals surface area contributed by atoms with Crippen molar-refractivity contribution < 1.29 is 42.1 Å². The Morgan fingerprint density at radius 2 is 0.616 bits per heavy atom. The van der Waals surface area contributed by atoms with Crippen molar-refractivity contribution in [2.75, 3.05) is 47.5 Å². The highest BCUT2D eigenvalue weighted by molar-refractivity contribution is 7.47. The standard InChI is InChI=1S/C63H126NO8P/c1-6-8-10-12-14-16-18-19-20-21-22-23-24-25-26-27-28-29-30-31-32-33-34-35-36-37-38-39-40-41-42-43-44-45-46-48-50-52-54-56-63(66)72-61(60-71-73(67,68)70-58-57-64(3,4)5)59-69-62(65)55-53-51-49-47-17-15-13-11-9-7-2/h61H,6-60H2,1-5H3/p+1. The van der Waals surface area contributed by atoms with E-state index in [0.717, 1.165) is 38.5 Å². The minimum absolute atomic E-state index is 0.0371. The molecule has 0 spiro atoms. The first-order chi connectivity index (χ1) is 35.5. The minimum atomic E-state index is -4.37. The molecule has 0 aliphatic rings. The lowest BCUT2D eigenvalue weighted by molar-refractivity contribution is -0.870. The average molecular weight is 1060 g/mol. The lowest BCUT2D eigenvalue weighted by atomic mass is 10.0. The molecule has 0 aromatic rings. The lowest BCUT2D eigenvalue weighted by Gasteiger charge is -2.24. The first-order valence-corrected chi connectivity index (χ1v) is 33.8. The van der Waals surface area contributed by atoms with Crippen LogP contribution in [-0.2, 0) is 32.7 Å². The fourth-order valence-electron chi connectivity index (χ4n) is 9.90. The first-order valence-electron chi connectivity index (χ1n) is 32.3. The first kappa shape index (κ1) is 72.0. The molecule has 0 radical (unpaired) electrons. The molecule has 2 atom stereocenters. The molecule has 73 heavy (non-hydrogen) atoms. The number of hydrogen-bond donors (Lipinski definition) is 1. The maximum absolute atomic E-state index is 12.8. The zero-order valence-corrected chi connectivity index (χ0v) is 50.6. The summed E-state index contributed by atoms with van der Waals surface area (Å²) in [5.74, 6) is -0.779. The summed E-state index contributed by atoms with van der Waals surface area (Å²) >= 11 is 0. The van der Waals surface area contributed by atoms with Crippen LogP contribution in [0.4, 0.5) is 0 Å². The van der Waals surface area contributed by atoms with Gasteiger partial charge in [-0.05, 0) is 12.8 Å². The molecule has 2 unspecified atom stereocenters. The van der Waals surface area contributed by atoms with Crippen molar-refractivity contribution in [2.24, 2.45) is 0 Å². The molecule has 10 heteroatoms. The highest BCUT2D eigenvalue weighted by Crippen LogP contribution is 2.43. The molecule has 1 N–H and O–H groups in total. The van der Waals surface area contributed by atoms with Gasteiger partial charge in [0.1, 0.15) is 19.8 Å². The Bertz CT molecular complexity index is 1200. The second-order valence-corrected chi connectivity index (χ2v) is 25.0. The Labute approximate surface area is 454 Å². The molecule has 0 amide bonds. The van der Waals surface area contributed by atoms with Crippen LogP contribution in [0, 0.1) is 0 Å². The number of phosphoric ester groups is 1. The van der Waals surface area contributed by atoms with Crippen LogP contribution in [0.3, 0.4) is 0 Å². The van der Waals surface area contributed by atoms with E-state index in [1.54, 1.807) is 0 Å². The smallest absolute Gasteiger partial charge is 0.462 e. The summed E-state index contributed by atoms with van der Waals surface area (Å²) in [7, 11) is 1.50. The number of hydrogen-bond acceptors (Lipinski definition) is 7. The highest BCUT2D eigenvalue weighted by Gasteiger charge is 2.27. The van der Waals surface area contributed by atoms with Crippen LogP contribution < -0.4 is 0 Å². The number of esters is 2. The number of rotatable bonds is 61. The molecule has 9 nitrogen and oxygen atoms in total. The van der Waals surface area contributed by atoms with E-state index < -0.39 is 26.5 Å². The molecule has 0 aliphatic carbocycles. The normalized spacial score (nSPS) is 13.1. The van der Waals surface area contributed by atoms with Crippen LogP contribution in [0.2, 0.25) is 0 Å². The molecule has 0 aromatic heterocycles. The van der Waals surface area contributed by atoms with Gasteiger partial charge in [-0.3, -0.25) is 18.6 Å². The van der Waals surface area contributed by atoms with Crippen LogP contribution in [0.5, 0.6) is 0 Å². The zero-order valence-electron chi connectivity index (χ0n) is 49.7. The van der Waals surface area contributed by atoms with Crippen LogP contribution in [0.25, 0.3) is 0 Å². The quantitative estimate of drug-likeness (QED) is 0.0278. The van der Waals surface area contributed by atoms with Crippen molar-refractivity contribution in [3.8, 4) is 0 Å². The van der Waals surface area contributed by atoms with Crippen molar-refractivity contribution >= 4 is 19.8 Å². The van der Waals surface area contributed by atoms with Gasteiger partial charge in [0.25, 0.3) is 0 Å². The number of nitrogens with zero attached hydrogens (tertiary/aromatic N) is 1. The largest absolute Gasteiger partial charge is 0.472 e. The molecule has 0 heterocycles. The summed E-state index contributed by atoms with van der Waals surface area (Å²) in [5, 5.41) is 0. The molecule has 0 bridgehead atoms. The van der Waals surface area contributed by atoms with Gasteiger partial charge < -0.3 is 18.9 Å². The Hall–Kier alpha value is -0.990. The minimum Gasteiger partial charge on any atom is -0.462 e. The van der Waals surface area contributed by atoms with Gasteiger partial charge in [-0.25, -0.2) is 4.57 Å². The molecule has 436 valence electrons. The van der Waals surface area contributed by atoms with Gasteiger partial charge in [-0.2, -0.15) is 0 Å². The van der Waals surface area contributed by atoms with Crippen molar-refractivity contribution in [2.45, 2.75) is 347 Å². The van der Waals surface area contributed by atoms with Gasteiger partial charge in [-0.15, -0.1) is 0 Å². The molecule has 0 rings (SSSR count). The second-order valence-electron chi connectivity index (χ2n) is 23.5. The van der Waals surface area contributed by atoms with Crippen molar-refractivity contribution in [1.82, 2.24) is 0 Å². The van der Waals surface area contributed by atoms with Crippen LogP contribution in [0.1, 0.15) is 341 Å². The summed E-state index contributed by atoms with van der Waals surface area (Å²) in [4.78, 5) is 35.5. The molecular weight excluding hydrogens is 930 g/mol. The predicted octanol–water partition coefficient (Wildman–Crippen LogP) is 20.2. The number of likely N-dealkylation sites (N-methyl/N-ethyl adjacent to an activating group) is 1. The van der Waals surface area contributed by atoms with Crippen LogP contribution in [-0.4, -0.2) is 74.9 Å². The molecule has 0 aromatic carbocycles. The van der Waals surface area contributed by atoms with Crippen molar-refractivity contribution in [3.63, 3.8) is 0 Å². The van der Waals surface area contributed by atoms with E-state index in [-0.39, 0.29) is 25.6 Å². The van der Waals surface area contributed by atoms with E-state index in [1.165, 1.54) is 276 Å². The van der Waals surface area contributed by atoms with E-state index in [0.29, 0.717) is 17.4 Å². The molecule has 0 fully saturated rings. The molecule has 0 aliphatic heterocycles. The van der Waals surface area contributed by atoms with Crippen molar-refractivity contribution in [1.29, 1.82) is 0 Å². The Morgan fingerprint density at radius 3 is 0.877 bits per heavy atom.